The van der Waals surface area contributed by atoms with Crippen LogP contribution in [0.1, 0.15) is 12.5 Å². The Bertz CT molecular complexity index is 311. The summed E-state index contributed by atoms with van der Waals surface area (Å²) in [4.78, 5) is 0. The third kappa shape index (κ3) is 1.74. The van der Waals surface area contributed by atoms with Crippen LogP contribution in [0, 0.1) is 11.6 Å². The van der Waals surface area contributed by atoms with Gasteiger partial charge in [0, 0.05) is 0 Å². The predicted octanol–water partition coefficient (Wildman–Crippen LogP) is 3.10. The topological polar surface area (TPSA) is 3.24 Å². The van der Waals surface area contributed by atoms with Gasteiger partial charge in [0.1, 0.15) is 5.69 Å². The molecule has 72 valence electrons. The van der Waals surface area contributed by atoms with E-state index in [4.69, 9.17) is 0 Å². The zero-order chi connectivity index (χ0) is 10.0. The van der Waals surface area contributed by atoms with E-state index in [1.54, 1.807) is 6.92 Å². The number of benzene rings is 1. The molecule has 0 aliphatic carbocycles. The summed E-state index contributed by atoms with van der Waals surface area (Å²) in [5.41, 5.74) is -0.960. The van der Waals surface area contributed by atoms with Crippen LogP contribution in [0.3, 0.4) is 0 Å². The molecule has 0 saturated heterocycles. The van der Waals surface area contributed by atoms with E-state index < -0.39 is 22.7 Å². The van der Waals surface area contributed by atoms with Crippen molar-refractivity contribution in [3.63, 3.8) is 0 Å². The van der Waals surface area contributed by atoms with Crippen LogP contribution in [0.5, 0.6) is 0 Å². The second-order valence-electron chi connectivity index (χ2n) is 2.46. The lowest BCUT2D eigenvalue weighted by Gasteiger charge is -2.06. The molecule has 1 aromatic rings. The molecule has 0 bridgehead atoms. The van der Waals surface area contributed by atoms with E-state index in [2.05, 4.69) is 0 Å². The van der Waals surface area contributed by atoms with E-state index in [9.17, 15) is 17.7 Å². The fourth-order valence-corrected chi connectivity index (χ4v) is 0.983. The van der Waals surface area contributed by atoms with E-state index in [1.165, 1.54) is 0 Å². The Balaban J connectivity index is 3.23. The minimum Gasteiger partial charge on any atom is -0.203 e. The molecule has 0 radical (unpaired) electrons. The molecule has 0 saturated carbocycles. The van der Waals surface area contributed by atoms with Gasteiger partial charge in [-0.1, -0.05) is 22.0 Å². The summed E-state index contributed by atoms with van der Waals surface area (Å²) in [5, 5.41) is -1.45. The molecule has 5 heteroatoms. The maximum atomic E-state index is 12.9. The van der Waals surface area contributed by atoms with Gasteiger partial charge in [-0.15, -0.1) is 0 Å². The number of nitrogens with zero attached hydrogens (tertiary/aromatic N) is 1. The summed E-state index contributed by atoms with van der Waals surface area (Å²) in [6.45, 7) is 1.61. The molecule has 1 aromatic carbocycles. The van der Waals surface area contributed by atoms with Crippen LogP contribution in [-0.2, 0) is 6.42 Å². The van der Waals surface area contributed by atoms with Crippen molar-refractivity contribution in [3.05, 3.63) is 29.3 Å². The van der Waals surface area contributed by atoms with Gasteiger partial charge in [0.15, 0.2) is 11.6 Å². The summed E-state index contributed by atoms with van der Waals surface area (Å²) in [5.74, 6) is -2.72. The van der Waals surface area contributed by atoms with Crippen molar-refractivity contribution < 1.29 is 17.7 Å². The van der Waals surface area contributed by atoms with Crippen molar-refractivity contribution in [1.29, 1.82) is 0 Å². The maximum absolute atomic E-state index is 12.9. The van der Waals surface area contributed by atoms with Crippen LogP contribution in [0.2, 0.25) is 0 Å². The molecule has 1 nitrogen and oxygen atoms in total. The van der Waals surface area contributed by atoms with Crippen LogP contribution in [0.25, 0.3) is 0 Å². The van der Waals surface area contributed by atoms with E-state index in [1.807, 2.05) is 0 Å². The van der Waals surface area contributed by atoms with Gasteiger partial charge in [0.05, 0.1) is 0 Å². The van der Waals surface area contributed by atoms with E-state index in [0.717, 1.165) is 12.1 Å². The Kier molecular flexibility index (Phi) is 2.75. The average molecular weight is 193 g/mol. The standard InChI is InChI=1S/C8H7F4N/c1-2-5-3-4-6(13(11)12)8(10)7(5)9/h3-4H,2H2,1H3. The number of rotatable bonds is 2. The fourth-order valence-electron chi connectivity index (χ4n) is 0.983. The van der Waals surface area contributed by atoms with Crippen molar-refractivity contribution in [3.8, 4) is 0 Å². The second kappa shape index (κ2) is 3.64. The highest BCUT2D eigenvalue weighted by Crippen LogP contribution is 2.24. The predicted molar refractivity (Wildman–Crippen MR) is 40.4 cm³/mol. The monoisotopic (exact) mass is 193 g/mol. The van der Waals surface area contributed by atoms with Crippen molar-refractivity contribution >= 4 is 5.69 Å². The molecule has 0 heterocycles. The number of hydrogen-bond donors (Lipinski definition) is 0. The maximum Gasteiger partial charge on any atom is 0.188 e. The molecule has 0 N–H and O–H groups in total. The Labute approximate surface area is 72.5 Å². The summed E-state index contributed by atoms with van der Waals surface area (Å²) in [6, 6.07) is 1.98. The zero-order valence-corrected chi connectivity index (χ0v) is 6.82. The largest absolute Gasteiger partial charge is 0.203 e. The van der Waals surface area contributed by atoms with Gasteiger partial charge in [0.2, 0.25) is 0 Å². The smallest absolute Gasteiger partial charge is 0.188 e. The minimum absolute atomic E-state index is 0.0862. The van der Waals surface area contributed by atoms with Gasteiger partial charge < -0.3 is 0 Å². The Morgan fingerprint density at radius 3 is 2.23 bits per heavy atom. The van der Waals surface area contributed by atoms with Crippen molar-refractivity contribution in [1.82, 2.24) is 0 Å². The Morgan fingerprint density at radius 2 is 1.77 bits per heavy atom. The van der Waals surface area contributed by atoms with E-state index in [0.29, 0.717) is 0 Å². The van der Waals surface area contributed by atoms with Crippen LogP contribution in [0.15, 0.2) is 12.1 Å². The minimum atomic E-state index is -1.51. The van der Waals surface area contributed by atoms with E-state index in [-0.39, 0.29) is 12.0 Å². The zero-order valence-electron chi connectivity index (χ0n) is 6.82. The van der Waals surface area contributed by atoms with Crippen molar-refractivity contribution in [2.75, 3.05) is 5.34 Å². The van der Waals surface area contributed by atoms with Crippen molar-refractivity contribution in [2.24, 2.45) is 0 Å². The lowest BCUT2D eigenvalue weighted by Crippen LogP contribution is -2.03. The van der Waals surface area contributed by atoms with Gasteiger partial charge in [0.25, 0.3) is 0 Å². The van der Waals surface area contributed by atoms with Crippen LogP contribution >= 0.6 is 0 Å². The first kappa shape index (κ1) is 9.83. The third-order valence-corrected chi connectivity index (χ3v) is 1.70. The molecule has 0 atom stereocenters. The molecule has 0 aliphatic heterocycles. The molecule has 13 heavy (non-hydrogen) atoms. The fraction of sp³-hybridized carbons (Fsp3) is 0.250. The molecular formula is C8H7F4N. The van der Waals surface area contributed by atoms with Gasteiger partial charge in [-0.3, -0.25) is 0 Å². The molecule has 1 rings (SSSR count). The summed E-state index contributed by atoms with van der Waals surface area (Å²) >= 11 is 0. The highest BCUT2D eigenvalue weighted by molar-refractivity contribution is 5.45. The first-order valence-electron chi connectivity index (χ1n) is 3.66. The van der Waals surface area contributed by atoms with Crippen molar-refractivity contribution in [2.45, 2.75) is 13.3 Å². The van der Waals surface area contributed by atoms with Gasteiger partial charge >= 0.3 is 0 Å². The number of aryl methyl sites for hydroxylation is 1. The summed E-state index contributed by atoms with van der Waals surface area (Å²) < 4.78 is 49.4. The number of hydrogen-bond acceptors (Lipinski definition) is 1. The van der Waals surface area contributed by atoms with Crippen LogP contribution in [-0.4, -0.2) is 0 Å². The highest BCUT2D eigenvalue weighted by atomic mass is 19.4. The van der Waals surface area contributed by atoms with Gasteiger partial charge in [-0.25, -0.2) is 8.78 Å². The van der Waals surface area contributed by atoms with Gasteiger partial charge in [-0.2, -0.15) is 0 Å². The Morgan fingerprint density at radius 1 is 1.15 bits per heavy atom. The molecule has 0 unspecified atom stereocenters. The highest BCUT2D eigenvalue weighted by Gasteiger charge is 2.17. The first-order chi connectivity index (χ1) is 6.07. The van der Waals surface area contributed by atoms with Gasteiger partial charge in [-0.05, 0) is 23.4 Å². The molecule has 0 fully saturated rings. The number of halogens is 4. The van der Waals surface area contributed by atoms with Crippen LogP contribution in [0.4, 0.5) is 23.4 Å². The SMILES string of the molecule is CCc1ccc(N(F)F)c(F)c1F. The molecular weight excluding hydrogens is 186 g/mol. The molecule has 0 aromatic heterocycles. The van der Waals surface area contributed by atoms with E-state index >= 15 is 0 Å². The summed E-state index contributed by atoms with van der Waals surface area (Å²) in [7, 11) is 0. The first-order valence-corrected chi connectivity index (χ1v) is 3.66. The molecule has 0 aliphatic rings. The lowest BCUT2D eigenvalue weighted by atomic mass is 10.1. The Hall–Kier alpha value is -1.26. The number of anilines is 1. The average Bonchev–Trinajstić information content (AvgIpc) is 2.09. The molecule has 0 amide bonds. The van der Waals surface area contributed by atoms with Crippen LogP contribution < -0.4 is 5.34 Å². The lowest BCUT2D eigenvalue weighted by molar-refractivity contribution is 0.229. The quantitative estimate of drug-likeness (QED) is 0.515. The second-order valence-corrected chi connectivity index (χ2v) is 2.46. The normalized spacial score (nSPS) is 10.2. The summed E-state index contributed by atoms with van der Waals surface area (Å²) in [6.07, 6.45) is 0.265. The third-order valence-electron chi connectivity index (χ3n) is 1.70. The molecule has 0 spiro atoms.